The zero-order valence-corrected chi connectivity index (χ0v) is 15.6. The lowest BCUT2D eigenvalue weighted by Gasteiger charge is -2.43. The number of hydrogen-bond donors (Lipinski definition) is 2. The van der Waals surface area contributed by atoms with Gasteiger partial charge in [0.25, 0.3) is 0 Å². The van der Waals surface area contributed by atoms with Crippen LogP contribution in [0, 0.1) is 11.3 Å². The SMILES string of the molecule is CC(C)C(=O)N(C1CCC(C)(C)CC1)[C@H]1C[C@@H](C(=O)O)N(C(=O)O)C1. The van der Waals surface area contributed by atoms with Gasteiger partial charge < -0.3 is 15.1 Å². The molecule has 0 unspecified atom stereocenters. The molecule has 142 valence electrons. The molecule has 25 heavy (non-hydrogen) atoms. The summed E-state index contributed by atoms with van der Waals surface area (Å²) in [6.07, 6.45) is 2.71. The third-order valence-electron chi connectivity index (χ3n) is 5.65. The summed E-state index contributed by atoms with van der Waals surface area (Å²) in [4.78, 5) is 38.5. The maximum atomic E-state index is 12.9. The molecule has 2 N–H and O–H groups in total. The van der Waals surface area contributed by atoms with Crippen LogP contribution < -0.4 is 0 Å². The van der Waals surface area contributed by atoms with Crippen molar-refractivity contribution < 1.29 is 24.6 Å². The number of aliphatic carboxylic acids is 1. The van der Waals surface area contributed by atoms with Crippen LogP contribution in [0.1, 0.15) is 59.8 Å². The third kappa shape index (κ3) is 4.25. The van der Waals surface area contributed by atoms with Crippen molar-refractivity contribution in [3.63, 3.8) is 0 Å². The summed E-state index contributed by atoms with van der Waals surface area (Å²) in [7, 11) is 0. The smallest absolute Gasteiger partial charge is 0.408 e. The van der Waals surface area contributed by atoms with Gasteiger partial charge in [-0.05, 0) is 31.1 Å². The molecule has 1 aliphatic heterocycles. The number of likely N-dealkylation sites (tertiary alicyclic amines) is 1. The van der Waals surface area contributed by atoms with Crippen LogP contribution in [0.5, 0.6) is 0 Å². The Morgan fingerprint density at radius 1 is 1.08 bits per heavy atom. The van der Waals surface area contributed by atoms with E-state index in [9.17, 15) is 24.6 Å². The number of hydrogen-bond acceptors (Lipinski definition) is 3. The zero-order chi connectivity index (χ0) is 18.9. The monoisotopic (exact) mass is 354 g/mol. The molecule has 2 rings (SSSR count). The molecule has 1 aliphatic carbocycles. The minimum absolute atomic E-state index is 0.00826. The van der Waals surface area contributed by atoms with Crippen LogP contribution in [0.25, 0.3) is 0 Å². The average molecular weight is 354 g/mol. The van der Waals surface area contributed by atoms with Crippen molar-refractivity contribution in [3.8, 4) is 0 Å². The van der Waals surface area contributed by atoms with Crippen molar-refractivity contribution in [2.24, 2.45) is 11.3 Å². The van der Waals surface area contributed by atoms with Crippen LogP contribution in [0.3, 0.4) is 0 Å². The average Bonchev–Trinajstić information content (AvgIpc) is 2.94. The molecule has 7 nitrogen and oxygen atoms in total. The highest BCUT2D eigenvalue weighted by Crippen LogP contribution is 2.39. The number of amides is 2. The van der Waals surface area contributed by atoms with Crippen molar-refractivity contribution >= 4 is 18.0 Å². The molecule has 1 heterocycles. The van der Waals surface area contributed by atoms with Gasteiger partial charge in [-0.25, -0.2) is 9.59 Å². The van der Waals surface area contributed by atoms with Crippen LogP contribution in [0.15, 0.2) is 0 Å². The molecule has 0 aromatic rings. The first-order chi connectivity index (χ1) is 11.5. The van der Waals surface area contributed by atoms with E-state index < -0.39 is 18.1 Å². The van der Waals surface area contributed by atoms with E-state index in [-0.39, 0.29) is 42.3 Å². The summed E-state index contributed by atoms with van der Waals surface area (Å²) in [6.45, 7) is 8.19. The summed E-state index contributed by atoms with van der Waals surface area (Å²) in [5.74, 6) is -1.35. The van der Waals surface area contributed by atoms with Gasteiger partial charge in [-0.15, -0.1) is 0 Å². The predicted octanol–water partition coefficient (Wildman–Crippen LogP) is 2.65. The topological polar surface area (TPSA) is 98.2 Å². The molecule has 7 heteroatoms. The number of carboxylic acids is 1. The van der Waals surface area contributed by atoms with Crippen LogP contribution in [0.4, 0.5) is 4.79 Å². The van der Waals surface area contributed by atoms with Crippen molar-refractivity contribution in [2.45, 2.75) is 77.9 Å². The Labute approximate surface area is 149 Å². The van der Waals surface area contributed by atoms with Crippen molar-refractivity contribution in [1.82, 2.24) is 9.80 Å². The maximum Gasteiger partial charge on any atom is 0.408 e. The Balaban J connectivity index is 2.23. The number of rotatable bonds is 4. The first kappa shape index (κ1) is 19.5. The summed E-state index contributed by atoms with van der Waals surface area (Å²) < 4.78 is 0. The fraction of sp³-hybridized carbons (Fsp3) is 0.833. The standard InChI is InChI=1S/C18H30N2O5/c1-11(2)15(21)20(12-5-7-18(3,4)8-6-12)13-9-14(16(22)23)19(10-13)17(24)25/h11-14H,5-10H2,1-4H3,(H,22,23)(H,24,25)/t13-,14-/m0/s1. The minimum atomic E-state index is -1.24. The molecule has 2 amide bonds. The van der Waals surface area contributed by atoms with E-state index >= 15 is 0 Å². The first-order valence-electron chi connectivity index (χ1n) is 9.08. The van der Waals surface area contributed by atoms with Crippen molar-refractivity contribution in [2.75, 3.05) is 6.54 Å². The number of carbonyl (C=O) groups excluding carboxylic acids is 1. The van der Waals surface area contributed by atoms with E-state index in [0.29, 0.717) is 0 Å². The lowest BCUT2D eigenvalue weighted by atomic mass is 9.75. The van der Waals surface area contributed by atoms with Crippen molar-refractivity contribution in [3.05, 3.63) is 0 Å². The van der Waals surface area contributed by atoms with E-state index in [2.05, 4.69) is 13.8 Å². The Morgan fingerprint density at radius 3 is 2.04 bits per heavy atom. The quantitative estimate of drug-likeness (QED) is 0.809. The largest absolute Gasteiger partial charge is 0.480 e. The van der Waals surface area contributed by atoms with Gasteiger partial charge in [0, 0.05) is 24.9 Å². The number of carbonyl (C=O) groups is 3. The number of nitrogens with zero attached hydrogens (tertiary/aromatic N) is 2. The first-order valence-corrected chi connectivity index (χ1v) is 9.08. The van der Waals surface area contributed by atoms with Gasteiger partial charge in [0.1, 0.15) is 6.04 Å². The van der Waals surface area contributed by atoms with Crippen molar-refractivity contribution in [1.29, 1.82) is 0 Å². The van der Waals surface area contributed by atoms with Crippen LogP contribution in [0.2, 0.25) is 0 Å². The molecule has 1 saturated heterocycles. The molecule has 0 aromatic carbocycles. The zero-order valence-electron chi connectivity index (χ0n) is 15.6. The van der Waals surface area contributed by atoms with Gasteiger partial charge in [-0.2, -0.15) is 0 Å². The molecular weight excluding hydrogens is 324 g/mol. The van der Waals surface area contributed by atoms with Crippen LogP contribution in [-0.4, -0.2) is 62.7 Å². The van der Waals surface area contributed by atoms with Gasteiger partial charge in [-0.1, -0.05) is 27.7 Å². The summed E-state index contributed by atoms with van der Waals surface area (Å²) in [5.41, 5.74) is 0.259. The molecule has 0 aromatic heterocycles. The van der Waals surface area contributed by atoms with E-state index in [0.717, 1.165) is 30.6 Å². The molecule has 2 aliphatic rings. The molecule has 2 fully saturated rings. The van der Waals surface area contributed by atoms with E-state index in [4.69, 9.17) is 0 Å². The highest BCUT2D eigenvalue weighted by molar-refractivity contribution is 5.82. The van der Waals surface area contributed by atoms with Gasteiger partial charge in [-0.3, -0.25) is 9.69 Å². The second-order valence-electron chi connectivity index (χ2n) is 8.47. The molecule has 0 radical (unpaired) electrons. The normalized spacial score (nSPS) is 26.7. The van der Waals surface area contributed by atoms with Gasteiger partial charge in [0.15, 0.2) is 0 Å². The minimum Gasteiger partial charge on any atom is -0.480 e. The fourth-order valence-corrected chi connectivity index (χ4v) is 4.08. The predicted molar refractivity (Wildman–Crippen MR) is 92.3 cm³/mol. The Morgan fingerprint density at radius 2 is 1.64 bits per heavy atom. The summed E-state index contributed by atoms with van der Waals surface area (Å²) in [5, 5.41) is 18.7. The third-order valence-corrected chi connectivity index (χ3v) is 5.65. The molecule has 2 atom stereocenters. The van der Waals surface area contributed by atoms with Gasteiger partial charge in [0.2, 0.25) is 5.91 Å². The second kappa shape index (κ2) is 7.22. The molecule has 1 saturated carbocycles. The summed E-state index contributed by atoms with van der Waals surface area (Å²) in [6, 6.07) is -1.38. The lowest BCUT2D eigenvalue weighted by Crippen LogP contribution is -2.51. The Bertz CT molecular complexity index is 514. The van der Waals surface area contributed by atoms with E-state index in [1.54, 1.807) is 0 Å². The Kier molecular flexibility index (Phi) is 5.64. The van der Waals surface area contributed by atoms with E-state index in [1.165, 1.54) is 0 Å². The maximum absolute atomic E-state index is 12.9. The highest BCUT2D eigenvalue weighted by atomic mass is 16.4. The molecule has 0 bridgehead atoms. The lowest BCUT2D eigenvalue weighted by molar-refractivity contribution is -0.143. The fourth-order valence-electron chi connectivity index (χ4n) is 4.08. The number of carboxylic acid groups (broad SMARTS) is 2. The molecular formula is C18H30N2O5. The van der Waals surface area contributed by atoms with Gasteiger partial charge in [0.05, 0.1) is 6.04 Å². The Hall–Kier alpha value is -1.79. The molecule has 0 spiro atoms. The van der Waals surface area contributed by atoms with Crippen LogP contribution in [-0.2, 0) is 9.59 Å². The summed E-state index contributed by atoms with van der Waals surface area (Å²) >= 11 is 0. The second-order valence-corrected chi connectivity index (χ2v) is 8.47. The van der Waals surface area contributed by atoms with Gasteiger partial charge >= 0.3 is 12.1 Å². The van der Waals surface area contributed by atoms with E-state index in [1.807, 2.05) is 18.7 Å². The highest BCUT2D eigenvalue weighted by Gasteiger charge is 2.46. The van der Waals surface area contributed by atoms with Crippen LogP contribution >= 0.6 is 0 Å².